The van der Waals surface area contributed by atoms with Gasteiger partial charge in [-0.05, 0) is 18.6 Å². The Bertz CT molecular complexity index is 531. The van der Waals surface area contributed by atoms with E-state index in [9.17, 15) is 14.4 Å². The number of para-hydroxylation sites is 1. The molecular formula is C12H9NO4. The number of nitrogens with zero attached hydrogens (tertiary/aromatic N) is 1. The lowest BCUT2D eigenvalue weighted by atomic mass is 10.1. The van der Waals surface area contributed by atoms with Crippen molar-refractivity contribution >= 4 is 23.5 Å². The molecule has 2 unspecified atom stereocenters. The van der Waals surface area contributed by atoms with E-state index in [1.807, 2.05) is 0 Å². The minimum absolute atomic E-state index is 0.0181. The zero-order valence-electron chi connectivity index (χ0n) is 8.79. The first-order chi connectivity index (χ1) is 8.11. The van der Waals surface area contributed by atoms with Gasteiger partial charge < -0.3 is 5.11 Å². The average Bonchev–Trinajstić information content (AvgIpc) is 3.05. The second-order valence-corrected chi connectivity index (χ2v) is 4.28. The predicted molar refractivity (Wildman–Crippen MR) is 57.5 cm³/mol. The smallest absolute Gasteiger partial charge is 0.337 e. The van der Waals surface area contributed by atoms with Gasteiger partial charge in [0.2, 0.25) is 11.8 Å². The van der Waals surface area contributed by atoms with E-state index < -0.39 is 5.97 Å². The zero-order valence-corrected chi connectivity index (χ0v) is 8.79. The number of fused-ring (bicyclic) bond motifs is 1. The molecule has 86 valence electrons. The fourth-order valence-electron chi connectivity index (χ4n) is 2.27. The summed E-state index contributed by atoms with van der Waals surface area (Å²) < 4.78 is 0. The predicted octanol–water partition coefficient (Wildman–Crippen LogP) is 0.894. The van der Waals surface area contributed by atoms with E-state index >= 15 is 0 Å². The summed E-state index contributed by atoms with van der Waals surface area (Å²) in [5.41, 5.74) is 0.165. The lowest BCUT2D eigenvalue weighted by Crippen LogP contribution is -2.34. The Balaban J connectivity index is 2.08. The molecule has 5 heteroatoms. The molecule has 17 heavy (non-hydrogen) atoms. The number of anilines is 1. The minimum Gasteiger partial charge on any atom is -0.478 e. The Morgan fingerprint density at radius 1 is 1.18 bits per heavy atom. The first-order valence-corrected chi connectivity index (χ1v) is 5.31. The van der Waals surface area contributed by atoms with Crippen molar-refractivity contribution in [3.8, 4) is 0 Å². The summed E-state index contributed by atoms with van der Waals surface area (Å²) in [6, 6.07) is 6.07. The van der Waals surface area contributed by atoms with Gasteiger partial charge in [-0.2, -0.15) is 0 Å². The maximum Gasteiger partial charge on any atom is 0.337 e. The van der Waals surface area contributed by atoms with Crippen molar-refractivity contribution in [2.75, 3.05) is 4.90 Å². The van der Waals surface area contributed by atoms with Crippen LogP contribution in [0.1, 0.15) is 16.8 Å². The van der Waals surface area contributed by atoms with Gasteiger partial charge in [-0.25, -0.2) is 9.69 Å². The molecule has 1 aromatic rings. The van der Waals surface area contributed by atoms with Gasteiger partial charge in [0.25, 0.3) is 0 Å². The summed E-state index contributed by atoms with van der Waals surface area (Å²) in [7, 11) is 0. The van der Waals surface area contributed by atoms with Crippen LogP contribution in [0.25, 0.3) is 0 Å². The largest absolute Gasteiger partial charge is 0.478 e. The maximum atomic E-state index is 11.8. The molecule has 0 spiro atoms. The van der Waals surface area contributed by atoms with E-state index in [4.69, 9.17) is 5.11 Å². The third-order valence-corrected chi connectivity index (χ3v) is 3.24. The van der Waals surface area contributed by atoms with Crippen LogP contribution < -0.4 is 4.90 Å². The molecule has 2 amide bonds. The Labute approximate surface area is 96.6 Å². The van der Waals surface area contributed by atoms with Crippen LogP contribution in [0, 0.1) is 11.8 Å². The Morgan fingerprint density at radius 2 is 1.76 bits per heavy atom. The molecule has 1 aliphatic heterocycles. The van der Waals surface area contributed by atoms with Crippen molar-refractivity contribution in [2.24, 2.45) is 11.8 Å². The zero-order chi connectivity index (χ0) is 12.2. The van der Waals surface area contributed by atoms with Crippen molar-refractivity contribution in [2.45, 2.75) is 6.42 Å². The molecule has 2 fully saturated rings. The second kappa shape index (κ2) is 3.16. The SMILES string of the molecule is O=C(O)c1ccccc1N1C(=O)C2CC2C1=O. The number of aromatic carboxylic acids is 1. The van der Waals surface area contributed by atoms with Crippen LogP contribution in [0.3, 0.4) is 0 Å². The van der Waals surface area contributed by atoms with Gasteiger partial charge in [0, 0.05) is 0 Å². The lowest BCUT2D eigenvalue weighted by molar-refractivity contribution is -0.123. The maximum absolute atomic E-state index is 11.8. The Kier molecular flexibility index (Phi) is 1.86. The third kappa shape index (κ3) is 1.28. The summed E-state index contributed by atoms with van der Waals surface area (Å²) in [6.07, 6.45) is 0.614. The number of benzene rings is 1. The third-order valence-electron chi connectivity index (χ3n) is 3.24. The number of carboxylic acid groups (broad SMARTS) is 1. The highest BCUT2D eigenvalue weighted by Gasteiger charge is 2.59. The molecule has 0 bridgehead atoms. The number of hydrogen-bond acceptors (Lipinski definition) is 3. The normalized spacial score (nSPS) is 26.0. The summed E-state index contributed by atoms with van der Waals surface area (Å²) in [4.78, 5) is 35.7. The van der Waals surface area contributed by atoms with Gasteiger partial charge in [0.05, 0.1) is 23.1 Å². The molecular weight excluding hydrogens is 222 g/mol. The van der Waals surface area contributed by atoms with E-state index in [1.54, 1.807) is 12.1 Å². The summed E-state index contributed by atoms with van der Waals surface area (Å²) in [6.45, 7) is 0. The van der Waals surface area contributed by atoms with Gasteiger partial charge in [0.1, 0.15) is 0 Å². The summed E-state index contributed by atoms with van der Waals surface area (Å²) >= 11 is 0. The molecule has 2 aliphatic rings. The van der Waals surface area contributed by atoms with E-state index in [0.717, 1.165) is 4.90 Å². The van der Waals surface area contributed by atoms with Gasteiger partial charge in [-0.3, -0.25) is 9.59 Å². The molecule has 0 aromatic heterocycles. The molecule has 1 aromatic carbocycles. The van der Waals surface area contributed by atoms with E-state index in [0.29, 0.717) is 6.42 Å². The molecule has 2 atom stereocenters. The quantitative estimate of drug-likeness (QED) is 0.767. The average molecular weight is 231 g/mol. The lowest BCUT2D eigenvalue weighted by Gasteiger charge is -2.18. The molecule has 0 radical (unpaired) electrons. The fourth-order valence-corrected chi connectivity index (χ4v) is 2.27. The standard InChI is InChI=1S/C12H9NO4/c14-10-7-5-8(7)11(15)13(10)9-4-2-1-3-6(9)12(16)17/h1-4,7-8H,5H2,(H,16,17). The van der Waals surface area contributed by atoms with Crippen molar-refractivity contribution in [3.05, 3.63) is 29.8 Å². The van der Waals surface area contributed by atoms with Crippen LogP contribution in [0.2, 0.25) is 0 Å². The molecule has 1 saturated carbocycles. The van der Waals surface area contributed by atoms with Crippen LogP contribution in [0.5, 0.6) is 0 Å². The molecule has 1 saturated heterocycles. The van der Waals surface area contributed by atoms with Gasteiger partial charge in [-0.15, -0.1) is 0 Å². The van der Waals surface area contributed by atoms with Crippen molar-refractivity contribution in [1.82, 2.24) is 0 Å². The number of rotatable bonds is 2. The van der Waals surface area contributed by atoms with Crippen molar-refractivity contribution in [3.63, 3.8) is 0 Å². The molecule has 1 aliphatic carbocycles. The number of carbonyl (C=O) groups is 3. The minimum atomic E-state index is -1.14. The second-order valence-electron chi connectivity index (χ2n) is 4.28. The number of imide groups is 1. The highest BCUT2D eigenvalue weighted by molar-refractivity contribution is 6.26. The number of amides is 2. The van der Waals surface area contributed by atoms with Crippen LogP contribution in [0.4, 0.5) is 5.69 Å². The molecule has 3 rings (SSSR count). The molecule has 5 nitrogen and oxygen atoms in total. The number of piperidine rings is 1. The number of hydrogen-bond donors (Lipinski definition) is 1. The number of carboxylic acids is 1. The van der Waals surface area contributed by atoms with Crippen LogP contribution in [-0.2, 0) is 9.59 Å². The first-order valence-electron chi connectivity index (χ1n) is 5.31. The highest BCUT2D eigenvalue weighted by Crippen LogP contribution is 2.48. The van der Waals surface area contributed by atoms with Gasteiger partial charge >= 0.3 is 5.97 Å². The van der Waals surface area contributed by atoms with E-state index in [1.165, 1.54) is 12.1 Å². The monoisotopic (exact) mass is 231 g/mol. The Morgan fingerprint density at radius 3 is 2.35 bits per heavy atom. The van der Waals surface area contributed by atoms with Crippen LogP contribution in [0.15, 0.2) is 24.3 Å². The Hall–Kier alpha value is -2.17. The molecule has 1 N–H and O–H groups in total. The number of carbonyl (C=O) groups excluding carboxylic acids is 2. The first kappa shape index (κ1) is 10.0. The van der Waals surface area contributed by atoms with E-state index in [-0.39, 0.29) is 34.9 Å². The van der Waals surface area contributed by atoms with Gasteiger partial charge in [-0.1, -0.05) is 12.1 Å². The van der Waals surface area contributed by atoms with Crippen LogP contribution in [-0.4, -0.2) is 22.9 Å². The van der Waals surface area contributed by atoms with Crippen molar-refractivity contribution in [1.29, 1.82) is 0 Å². The van der Waals surface area contributed by atoms with Crippen LogP contribution >= 0.6 is 0 Å². The highest BCUT2D eigenvalue weighted by atomic mass is 16.4. The van der Waals surface area contributed by atoms with Crippen molar-refractivity contribution < 1.29 is 19.5 Å². The summed E-state index contributed by atoms with van der Waals surface area (Å²) in [5, 5.41) is 9.03. The summed E-state index contributed by atoms with van der Waals surface area (Å²) in [5.74, 6) is -2.11. The topological polar surface area (TPSA) is 74.7 Å². The molecule has 1 heterocycles. The fraction of sp³-hybridized carbons (Fsp3) is 0.250. The van der Waals surface area contributed by atoms with Gasteiger partial charge in [0.15, 0.2) is 0 Å². The van der Waals surface area contributed by atoms with E-state index in [2.05, 4.69) is 0 Å².